The molecule has 0 aliphatic carbocycles. The molecule has 0 unspecified atom stereocenters. The maximum atomic E-state index is 10.7. The van der Waals surface area contributed by atoms with E-state index in [1.165, 1.54) is 6.20 Å². The van der Waals surface area contributed by atoms with Crippen molar-refractivity contribution in [2.75, 3.05) is 0 Å². The third-order valence-corrected chi connectivity index (χ3v) is 2.63. The molecule has 0 atom stereocenters. The number of carbonyl (C=O) groups is 1. The zero-order chi connectivity index (χ0) is 11.0. The minimum atomic E-state index is -1.35. The quantitative estimate of drug-likeness (QED) is 0.766. The lowest BCUT2D eigenvalue weighted by Gasteiger charge is -2.07. The van der Waals surface area contributed by atoms with Crippen molar-refractivity contribution in [2.45, 2.75) is 0 Å². The molecule has 1 heterocycles. The summed E-state index contributed by atoms with van der Waals surface area (Å²) in [5.74, 6) is -1.35. The first-order chi connectivity index (χ1) is 7.09. The average molecular weight is 241 g/mol. The molecule has 2 rings (SSSR count). The van der Waals surface area contributed by atoms with Gasteiger partial charge in [0.2, 0.25) is 0 Å². The van der Waals surface area contributed by atoms with Crippen molar-refractivity contribution in [2.24, 2.45) is 0 Å². The van der Waals surface area contributed by atoms with Crippen LogP contribution < -0.4 is 5.11 Å². The van der Waals surface area contributed by atoms with Crippen molar-refractivity contribution in [1.29, 1.82) is 0 Å². The van der Waals surface area contributed by atoms with Crippen LogP contribution in [-0.2, 0) is 0 Å². The molecule has 76 valence electrons. The Bertz CT molecular complexity index is 554. The molecule has 0 radical (unpaired) electrons. The summed E-state index contributed by atoms with van der Waals surface area (Å²) in [6, 6.07) is 4.90. The second kappa shape index (κ2) is 3.68. The number of nitrogens with zero attached hydrogens (tertiary/aromatic N) is 1. The van der Waals surface area contributed by atoms with Gasteiger partial charge in [0.05, 0.1) is 16.5 Å². The van der Waals surface area contributed by atoms with Gasteiger partial charge in [-0.3, -0.25) is 4.98 Å². The number of aromatic carboxylic acids is 1. The van der Waals surface area contributed by atoms with Crippen LogP contribution in [0.2, 0.25) is 10.0 Å². The fraction of sp³-hybridized carbons (Fsp3) is 0. The Morgan fingerprint density at radius 2 is 2.07 bits per heavy atom. The topological polar surface area (TPSA) is 53.0 Å². The van der Waals surface area contributed by atoms with Gasteiger partial charge in [-0.15, -0.1) is 0 Å². The SMILES string of the molecule is O=C([O-])c1cnc2ccc(Cl)cc2c1Cl. The minimum Gasteiger partial charge on any atom is -0.545 e. The van der Waals surface area contributed by atoms with Gasteiger partial charge in [0.25, 0.3) is 0 Å². The molecule has 0 spiro atoms. The van der Waals surface area contributed by atoms with Crippen LogP contribution in [0, 0.1) is 0 Å². The first-order valence-electron chi connectivity index (χ1n) is 4.04. The van der Waals surface area contributed by atoms with Gasteiger partial charge in [0.15, 0.2) is 0 Å². The summed E-state index contributed by atoms with van der Waals surface area (Å²) in [7, 11) is 0. The molecule has 15 heavy (non-hydrogen) atoms. The Balaban J connectivity index is 2.82. The molecule has 0 saturated carbocycles. The van der Waals surface area contributed by atoms with Crippen molar-refractivity contribution in [3.63, 3.8) is 0 Å². The molecule has 0 N–H and O–H groups in total. The highest BCUT2D eigenvalue weighted by atomic mass is 35.5. The van der Waals surface area contributed by atoms with Crippen LogP contribution in [-0.4, -0.2) is 11.0 Å². The summed E-state index contributed by atoms with van der Waals surface area (Å²) >= 11 is 11.7. The third kappa shape index (κ3) is 1.76. The normalized spacial score (nSPS) is 10.5. The number of pyridine rings is 1. The molecule has 0 aliphatic rings. The third-order valence-electron chi connectivity index (χ3n) is 1.98. The lowest BCUT2D eigenvalue weighted by Crippen LogP contribution is -2.22. The number of rotatable bonds is 1. The van der Waals surface area contributed by atoms with Crippen LogP contribution in [0.15, 0.2) is 24.4 Å². The highest BCUT2D eigenvalue weighted by Crippen LogP contribution is 2.27. The lowest BCUT2D eigenvalue weighted by molar-refractivity contribution is -0.255. The van der Waals surface area contributed by atoms with E-state index < -0.39 is 5.97 Å². The average Bonchev–Trinajstić information content (AvgIpc) is 2.19. The van der Waals surface area contributed by atoms with Crippen LogP contribution >= 0.6 is 23.2 Å². The minimum absolute atomic E-state index is 0.0995. The monoisotopic (exact) mass is 240 g/mol. The van der Waals surface area contributed by atoms with E-state index in [-0.39, 0.29) is 10.6 Å². The lowest BCUT2D eigenvalue weighted by atomic mass is 10.1. The molecule has 1 aromatic carbocycles. The van der Waals surface area contributed by atoms with Crippen molar-refractivity contribution in [3.8, 4) is 0 Å². The van der Waals surface area contributed by atoms with Gasteiger partial charge < -0.3 is 9.90 Å². The van der Waals surface area contributed by atoms with E-state index in [1.807, 2.05) is 0 Å². The maximum Gasteiger partial charge on any atom is 0.0746 e. The highest BCUT2D eigenvalue weighted by Gasteiger charge is 2.07. The van der Waals surface area contributed by atoms with E-state index in [0.29, 0.717) is 15.9 Å². The summed E-state index contributed by atoms with van der Waals surface area (Å²) in [5.41, 5.74) is 0.459. The Hall–Kier alpha value is -1.32. The number of halogens is 2. The van der Waals surface area contributed by atoms with Crippen LogP contribution in [0.4, 0.5) is 0 Å². The van der Waals surface area contributed by atoms with Crippen LogP contribution in [0.1, 0.15) is 10.4 Å². The molecular weight excluding hydrogens is 237 g/mol. The zero-order valence-electron chi connectivity index (χ0n) is 7.33. The maximum absolute atomic E-state index is 10.7. The summed E-state index contributed by atoms with van der Waals surface area (Å²) in [6.07, 6.45) is 1.17. The number of hydrogen-bond acceptors (Lipinski definition) is 3. The molecular formula is C10H4Cl2NO2-. The van der Waals surface area contributed by atoms with Crippen molar-refractivity contribution in [3.05, 3.63) is 40.0 Å². The summed E-state index contributed by atoms with van der Waals surface area (Å²) in [4.78, 5) is 14.6. The van der Waals surface area contributed by atoms with Crippen LogP contribution in [0.3, 0.4) is 0 Å². The van der Waals surface area contributed by atoms with Crippen LogP contribution in [0.5, 0.6) is 0 Å². The van der Waals surface area contributed by atoms with Crippen LogP contribution in [0.25, 0.3) is 10.9 Å². The van der Waals surface area contributed by atoms with E-state index in [4.69, 9.17) is 23.2 Å². The number of carboxylic acid groups (broad SMARTS) is 1. The molecule has 1 aromatic heterocycles. The van der Waals surface area contributed by atoms with E-state index in [1.54, 1.807) is 18.2 Å². The Morgan fingerprint density at radius 3 is 2.73 bits per heavy atom. The molecule has 0 fully saturated rings. The van der Waals surface area contributed by atoms with Crippen molar-refractivity contribution >= 4 is 40.1 Å². The summed E-state index contributed by atoms with van der Waals surface area (Å²) < 4.78 is 0. The molecule has 0 bridgehead atoms. The standard InChI is InChI=1S/C10H5Cl2NO2/c11-5-1-2-8-6(3-5)9(12)7(4-13-8)10(14)15/h1-4H,(H,14,15)/p-1. The number of benzene rings is 1. The summed E-state index contributed by atoms with van der Waals surface area (Å²) in [6.45, 7) is 0. The summed E-state index contributed by atoms with van der Waals surface area (Å²) in [5, 5.41) is 11.8. The van der Waals surface area contributed by atoms with E-state index in [0.717, 1.165) is 0 Å². The Kier molecular flexibility index (Phi) is 2.50. The largest absolute Gasteiger partial charge is 0.545 e. The molecule has 5 heteroatoms. The van der Waals surface area contributed by atoms with Gasteiger partial charge in [-0.05, 0) is 18.2 Å². The van der Waals surface area contributed by atoms with E-state index in [2.05, 4.69) is 4.98 Å². The number of hydrogen-bond donors (Lipinski definition) is 0. The first-order valence-corrected chi connectivity index (χ1v) is 4.80. The molecule has 0 amide bonds. The molecule has 0 aliphatic heterocycles. The number of carbonyl (C=O) groups excluding carboxylic acids is 1. The number of aromatic nitrogens is 1. The molecule has 3 nitrogen and oxygen atoms in total. The van der Waals surface area contributed by atoms with E-state index >= 15 is 0 Å². The van der Waals surface area contributed by atoms with Gasteiger partial charge in [-0.1, -0.05) is 23.2 Å². The second-order valence-corrected chi connectivity index (χ2v) is 3.75. The van der Waals surface area contributed by atoms with Crippen molar-refractivity contribution < 1.29 is 9.90 Å². The predicted octanol–water partition coefficient (Wildman–Crippen LogP) is 1.91. The fourth-order valence-corrected chi connectivity index (χ4v) is 1.72. The number of fused-ring (bicyclic) bond motifs is 1. The van der Waals surface area contributed by atoms with Gasteiger partial charge in [-0.25, -0.2) is 0 Å². The van der Waals surface area contributed by atoms with Gasteiger partial charge in [0, 0.05) is 22.2 Å². The van der Waals surface area contributed by atoms with Gasteiger partial charge in [-0.2, -0.15) is 0 Å². The molecule has 2 aromatic rings. The highest BCUT2D eigenvalue weighted by molar-refractivity contribution is 6.39. The van der Waals surface area contributed by atoms with Crippen molar-refractivity contribution in [1.82, 2.24) is 4.98 Å². The van der Waals surface area contributed by atoms with E-state index in [9.17, 15) is 9.90 Å². The second-order valence-electron chi connectivity index (χ2n) is 2.93. The smallest absolute Gasteiger partial charge is 0.0746 e. The van der Waals surface area contributed by atoms with Gasteiger partial charge in [0.1, 0.15) is 0 Å². The Morgan fingerprint density at radius 1 is 1.33 bits per heavy atom. The fourth-order valence-electron chi connectivity index (χ4n) is 1.27. The first kappa shape index (κ1) is 10.2. The Labute approximate surface area is 95.3 Å². The predicted molar refractivity (Wildman–Crippen MR) is 56.1 cm³/mol. The zero-order valence-corrected chi connectivity index (χ0v) is 8.84. The number of carboxylic acids is 1. The molecule has 0 saturated heterocycles. The van der Waals surface area contributed by atoms with Gasteiger partial charge >= 0.3 is 0 Å².